The van der Waals surface area contributed by atoms with Crippen molar-refractivity contribution in [2.75, 3.05) is 13.7 Å². The second kappa shape index (κ2) is 4.08. The second-order valence-electron chi connectivity index (χ2n) is 3.97. The van der Waals surface area contributed by atoms with Crippen molar-refractivity contribution < 1.29 is 27.8 Å². The number of amides is 1. The number of hydrogen-bond donors (Lipinski definition) is 1. The van der Waals surface area contributed by atoms with Crippen molar-refractivity contribution in [3.8, 4) is 5.75 Å². The zero-order valence-corrected chi connectivity index (χ0v) is 9.36. The molecule has 1 aliphatic rings. The van der Waals surface area contributed by atoms with Gasteiger partial charge in [-0.25, -0.2) is 4.79 Å². The van der Waals surface area contributed by atoms with Gasteiger partial charge in [-0.2, -0.15) is 13.2 Å². The molecule has 0 radical (unpaired) electrons. The highest BCUT2D eigenvalue weighted by Gasteiger charge is 2.35. The minimum absolute atomic E-state index is 0.0272. The fourth-order valence-electron chi connectivity index (χ4n) is 1.82. The molecule has 18 heavy (non-hydrogen) atoms. The summed E-state index contributed by atoms with van der Waals surface area (Å²) in [6.07, 6.45) is -5.59. The third kappa shape index (κ3) is 2.07. The summed E-state index contributed by atoms with van der Waals surface area (Å²) in [4.78, 5) is 11.8. The van der Waals surface area contributed by atoms with Crippen LogP contribution < -0.4 is 4.74 Å². The Kier molecular flexibility index (Phi) is 2.84. The van der Waals surface area contributed by atoms with Crippen LogP contribution in [0.1, 0.15) is 17.2 Å². The summed E-state index contributed by atoms with van der Waals surface area (Å²) in [7, 11) is 1.35. The third-order valence-corrected chi connectivity index (χ3v) is 2.87. The molecule has 4 nitrogen and oxygen atoms in total. The first-order valence-electron chi connectivity index (χ1n) is 5.10. The van der Waals surface area contributed by atoms with E-state index in [2.05, 4.69) is 0 Å². The normalized spacial score (nSPS) is 18.1. The van der Waals surface area contributed by atoms with Crippen LogP contribution in [0.5, 0.6) is 5.75 Å². The van der Waals surface area contributed by atoms with Crippen molar-refractivity contribution in [1.29, 1.82) is 0 Å². The number of carbonyl (C=O) groups is 1. The molecule has 0 bridgehead atoms. The lowest BCUT2D eigenvalue weighted by Crippen LogP contribution is -2.30. The Hall–Kier alpha value is -1.92. The number of hydrogen-bond acceptors (Lipinski definition) is 2. The molecule has 98 valence electrons. The van der Waals surface area contributed by atoms with Crippen LogP contribution in [0.3, 0.4) is 0 Å². The number of fused-ring (bicyclic) bond motifs is 1. The molecule has 0 fully saturated rings. The smallest absolute Gasteiger partial charge is 0.416 e. The Morgan fingerprint density at radius 3 is 2.72 bits per heavy atom. The predicted molar refractivity (Wildman–Crippen MR) is 55.5 cm³/mol. The molecule has 1 amide bonds. The van der Waals surface area contributed by atoms with E-state index in [0.29, 0.717) is 5.56 Å². The van der Waals surface area contributed by atoms with Crippen molar-refractivity contribution in [3.05, 3.63) is 29.3 Å². The van der Waals surface area contributed by atoms with Crippen molar-refractivity contribution >= 4 is 6.09 Å². The Labute approximate surface area is 101 Å². The van der Waals surface area contributed by atoms with Gasteiger partial charge in [0.05, 0.1) is 11.6 Å². The molecule has 1 N–H and O–H groups in total. The number of rotatable bonds is 1. The van der Waals surface area contributed by atoms with Gasteiger partial charge in [-0.15, -0.1) is 0 Å². The number of likely N-dealkylation sites (N-methyl/N-ethyl adjacent to an activating group) is 1. The number of halogens is 3. The van der Waals surface area contributed by atoms with Gasteiger partial charge in [0.15, 0.2) is 0 Å². The Morgan fingerprint density at radius 1 is 1.50 bits per heavy atom. The van der Waals surface area contributed by atoms with Crippen LogP contribution in [0.25, 0.3) is 0 Å². The van der Waals surface area contributed by atoms with Crippen molar-refractivity contribution in [2.24, 2.45) is 0 Å². The SMILES string of the molecule is CN(C(=O)O)C1COc2cc(C(F)(F)F)ccc21. The molecule has 0 saturated heterocycles. The molecule has 1 unspecified atom stereocenters. The fourth-order valence-corrected chi connectivity index (χ4v) is 1.82. The van der Waals surface area contributed by atoms with E-state index in [4.69, 9.17) is 9.84 Å². The van der Waals surface area contributed by atoms with Crippen LogP contribution in [-0.4, -0.2) is 29.8 Å². The Balaban J connectivity index is 2.34. The first-order valence-corrected chi connectivity index (χ1v) is 5.10. The molecule has 7 heteroatoms. The lowest BCUT2D eigenvalue weighted by atomic mass is 10.1. The van der Waals surface area contributed by atoms with E-state index in [1.165, 1.54) is 13.1 Å². The minimum Gasteiger partial charge on any atom is -0.491 e. The average Bonchev–Trinajstić information content (AvgIpc) is 2.69. The molecule has 1 aromatic rings. The van der Waals surface area contributed by atoms with Crippen LogP contribution in [0.15, 0.2) is 18.2 Å². The van der Waals surface area contributed by atoms with Crippen LogP contribution in [0, 0.1) is 0 Å². The topological polar surface area (TPSA) is 49.8 Å². The van der Waals surface area contributed by atoms with Crippen molar-refractivity contribution in [2.45, 2.75) is 12.2 Å². The molecule has 1 atom stereocenters. The van der Waals surface area contributed by atoms with Gasteiger partial charge in [-0.3, -0.25) is 0 Å². The molecule has 0 saturated carbocycles. The van der Waals surface area contributed by atoms with Gasteiger partial charge in [-0.1, -0.05) is 6.07 Å². The second-order valence-corrected chi connectivity index (χ2v) is 3.97. The van der Waals surface area contributed by atoms with E-state index < -0.39 is 23.9 Å². The van der Waals surface area contributed by atoms with Gasteiger partial charge in [0.25, 0.3) is 0 Å². The predicted octanol–water partition coefficient (Wildman–Crippen LogP) is 2.75. The lowest BCUT2D eigenvalue weighted by Gasteiger charge is -2.20. The monoisotopic (exact) mass is 261 g/mol. The van der Waals surface area contributed by atoms with E-state index in [-0.39, 0.29) is 12.4 Å². The quantitative estimate of drug-likeness (QED) is 0.845. The van der Waals surface area contributed by atoms with Gasteiger partial charge in [-0.05, 0) is 12.1 Å². The van der Waals surface area contributed by atoms with Crippen LogP contribution in [0.4, 0.5) is 18.0 Å². The summed E-state index contributed by atoms with van der Waals surface area (Å²) in [5, 5.41) is 8.84. The zero-order valence-electron chi connectivity index (χ0n) is 9.36. The van der Waals surface area contributed by atoms with Crippen molar-refractivity contribution in [1.82, 2.24) is 4.90 Å². The van der Waals surface area contributed by atoms with Gasteiger partial charge in [0.1, 0.15) is 12.4 Å². The molecule has 1 aliphatic heterocycles. The van der Waals surface area contributed by atoms with Gasteiger partial charge in [0.2, 0.25) is 0 Å². The lowest BCUT2D eigenvalue weighted by molar-refractivity contribution is -0.137. The van der Waals surface area contributed by atoms with Gasteiger partial charge >= 0.3 is 12.3 Å². The van der Waals surface area contributed by atoms with E-state index in [9.17, 15) is 18.0 Å². The first kappa shape index (κ1) is 12.5. The van der Waals surface area contributed by atoms with Crippen LogP contribution in [-0.2, 0) is 6.18 Å². The van der Waals surface area contributed by atoms with Crippen molar-refractivity contribution in [3.63, 3.8) is 0 Å². The highest BCUT2D eigenvalue weighted by molar-refractivity contribution is 5.66. The molecular formula is C11H10F3NO3. The minimum atomic E-state index is -4.44. The summed E-state index contributed by atoms with van der Waals surface area (Å²) >= 11 is 0. The number of ether oxygens (including phenoxy) is 1. The summed E-state index contributed by atoms with van der Waals surface area (Å²) in [5.41, 5.74) is -0.354. The third-order valence-electron chi connectivity index (χ3n) is 2.87. The molecule has 1 heterocycles. The number of nitrogens with zero attached hydrogens (tertiary/aromatic N) is 1. The Morgan fingerprint density at radius 2 is 2.17 bits per heavy atom. The fraction of sp³-hybridized carbons (Fsp3) is 0.364. The largest absolute Gasteiger partial charge is 0.491 e. The van der Waals surface area contributed by atoms with E-state index in [0.717, 1.165) is 17.0 Å². The van der Waals surface area contributed by atoms with Crippen LogP contribution in [0.2, 0.25) is 0 Å². The van der Waals surface area contributed by atoms with Gasteiger partial charge in [0, 0.05) is 12.6 Å². The standard InChI is InChI=1S/C11H10F3NO3/c1-15(10(16)17)8-5-18-9-4-6(11(12,13)14)2-3-7(8)9/h2-4,8H,5H2,1H3,(H,16,17). The molecular weight excluding hydrogens is 251 g/mol. The number of benzene rings is 1. The summed E-state index contributed by atoms with van der Waals surface area (Å²) in [6.45, 7) is 0.0272. The summed E-state index contributed by atoms with van der Waals surface area (Å²) in [6, 6.07) is 2.51. The Bertz CT molecular complexity index is 487. The molecule has 0 aromatic heterocycles. The number of alkyl halides is 3. The van der Waals surface area contributed by atoms with E-state index >= 15 is 0 Å². The molecule has 0 aliphatic carbocycles. The summed E-state index contributed by atoms with van der Waals surface area (Å²) in [5.74, 6) is 0.0860. The highest BCUT2D eigenvalue weighted by atomic mass is 19.4. The van der Waals surface area contributed by atoms with E-state index in [1.807, 2.05) is 0 Å². The van der Waals surface area contributed by atoms with E-state index in [1.54, 1.807) is 0 Å². The maximum Gasteiger partial charge on any atom is 0.416 e. The maximum atomic E-state index is 12.5. The maximum absolute atomic E-state index is 12.5. The highest BCUT2D eigenvalue weighted by Crippen LogP contribution is 2.39. The van der Waals surface area contributed by atoms with Crippen LogP contribution >= 0.6 is 0 Å². The first-order chi connectivity index (χ1) is 8.30. The zero-order chi connectivity index (χ0) is 13.5. The number of carboxylic acid groups (broad SMARTS) is 1. The van der Waals surface area contributed by atoms with Gasteiger partial charge < -0.3 is 14.7 Å². The summed E-state index contributed by atoms with van der Waals surface area (Å²) < 4.78 is 42.6. The molecule has 0 spiro atoms. The molecule has 1 aromatic carbocycles. The average molecular weight is 261 g/mol. The molecule has 2 rings (SSSR count).